The smallest absolute Gasteiger partial charge is 0.253 e. The predicted molar refractivity (Wildman–Crippen MR) is 111 cm³/mol. The van der Waals surface area contributed by atoms with E-state index < -0.39 is 5.91 Å². The monoisotopic (exact) mass is 376 g/mol. The molecule has 0 aliphatic rings. The van der Waals surface area contributed by atoms with E-state index in [1.54, 1.807) is 24.1 Å². The van der Waals surface area contributed by atoms with E-state index in [4.69, 9.17) is 10.5 Å². The van der Waals surface area contributed by atoms with Gasteiger partial charge in [0.2, 0.25) is 5.91 Å². The van der Waals surface area contributed by atoms with Crippen molar-refractivity contribution in [1.82, 2.24) is 4.90 Å². The molecule has 3 aromatic rings. The number of likely N-dealkylation sites (N-methyl/N-ethyl adjacent to an activating group) is 1. The first kappa shape index (κ1) is 19.6. The Labute approximate surface area is 164 Å². The molecule has 0 saturated carbocycles. The lowest BCUT2D eigenvalue weighted by Crippen LogP contribution is -2.33. The second kappa shape index (κ2) is 8.67. The maximum Gasteiger partial charge on any atom is 0.253 e. The van der Waals surface area contributed by atoms with Crippen molar-refractivity contribution in [1.29, 1.82) is 0 Å². The van der Waals surface area contributed by atoms with Crippen LogP contribution in [0.2, 0.25) is 0 Å². The molecule has 3 aromatic carbocycles. The van der Waals surface area contributed by atoms with Crippen LogP contribution in [0.4, 0.5) is 0 Å². The number of primary amides is 1. The van der Waals surface area contributed by atoms with Crippen LogP contribution in [0.25, 0.3) is 21.9 Å². The van der Waals surface area contributed by atoms with Crippen LogP contribution in [-0.4, -0.2) is 43.5 Å². The molecule has 0 atom stereocenters. The zero-order chi connectivity index (χ0) is 20.1. The van der Waals surface area contributed by atoms with Crippen LogP contribution in [0.1, 0.15) is 27.6 Å². The first-order valence-electron chi connectivity index (χ1n) is 9.25. The van der Waals surface area contributed by atoms with Gasteiger partial charge in [-0.25, -0.2) is 0 Å². The lowest BCUT2D eigenvalue weighted by atomic mass is 9.98. The number of benzene rings is 3. The van der Waals surface area contributed by atoms with Gasteiger partial charge in [0.25, 0.3) is 5.91 Å². The second-order valence-corrected chi connectivity index (χ2v) is 6.60. The quantitative estimate of drug-likeness (QED) is 0.683. The number of ether oxygens (including phenoxy) is 1. The fourth-order valence-corrected chi connectivity index (χ4v) is 3.20. The molecule has 0 spiro atoms. The Bertz CT molecular complexity index is 1010. The molecule has 2 amide bonds. The van der Waals surface area contributed by atoms with Crippen LogP contribution in [0.15, 0.2) is 60.7 Å². The third-order valence-electron chi connectivity index (χ3n) is 4.80. The van der Waals surface area contributed by atoms with Crippen molar-refractivity contribution in [3.05, 3.63) is 71.8 Å². The Balaban J connectivity index is 1.91. The Kier molecular flexibility index (Phi) is 6.06. The van der Waals surface area contributed by atoms with E-state index in [0.29, 0.717) is 30.8 Å². The Morgan fingerprint density at radius 2 is 1.64 bits per heavy atom. The van der Waals surface area contributed by atoms with E-state index in [1.807, 2.05) is 55.5 Å². The fourth-order valence-electron chi connectivity index (χ4n) is 3.20. The van der Waals surface area contributed by atoms with Crippen LogP contribution in [0.5, 0.6) is 0 Å². The number of fused-ring (bicyclic) bond motifs is 1. The summed E-state index contributed by atoms with van der Waals surface area (Å²) in [4.78, 5) is 25.9. The Hall–Kier alpha value is -3.18. The minimum atomic E-state index is -0.445. The van der Waals surface area contributed by atoms with E-state index in [-0.39, 0.29) is 5.91 Å². The number of hydrogen-bond donors (Lipinski definition) is 1. The van der Waals surface area contributed by atoms with Gasteiger partial charge in [-0.2, -0.15) is 0 Å². The molecule has 0 aliphatic carbocycles. The molecule has 2 N–H and O–H groups in total. The van der Waals surface area contributed by atoms with Crippen molar-refractivity contribution in [3.8, 4) is 11.1 Å². The molecule has 0 aromatic heterocycles. The minimum absolute atomic E-state index is 0.000291. The van der Waals surface area contributed by atoms with Crippen LogP contribution in [0, 0.1) is 0 Å². The zero-order valence-electron chi connectivity index (χ0n) is 16.1. The molecule has 0 radical (unpaired) electrons. The summed E-state index contributed by atoms with van der Waals surface area (Å²) in [6.45, 7) is 3.68. The lowest BCUT2D eigenvalue weighted by Gasteiger charge is -2.20. The molecule has 0 fully saturated rings. The molecular formula is C23H24N2O3. The van der Waals surface area contributed by atoms with Crippen molar-refractivity contribution in [2.24, 2.45) is 5.73 Å². The van der Waals surface area contributed by atoms with Gasteiger partial charge in [0.05, 0.1) is 6.61 Å². The Morgan fingerprint density at radius 1 is 0.929 bits per heavy atom. The van der Waals surface area contributed by atoms with Crippen LogP contribution < -0.4 is 5.73 Å². The molecular weight excluding hydrogens is 352 g/mol. The van der Waals surface area contributed by atoms with Gasteiger partial charge in [0, 0.05) is 31.3 Å². The van der Waals surface area contributed by atoms with Gasteiger partial charge < -0.3 is 15.4 Å². The maximum absolute atomic E-state index is 12.7. The summed E-state index contributed by atoms with van der Waals surface area (Å²) < 4.78 is 5.09. The number of carbonyl (C=O) groups is 2. The first-order valence-corrected chi connectivity index (χ1v) is 9.25. The van der Waals surface area contributed by atoms with Gasteiger partial charge in [-0.3, -0.25) is 9.59 Å². The molecule has 0 heterocycles. The van der Waals surface area contributed by atoms with Gasteiger partial charge in [0.1, 0.15) is 0 Å². The highest BCUT2D eigenvalue weighted by molar-refractivity contribution is 5.99. The molecule has 5 nitrogen and oxygen atoms in total. The predicted octanol–water partition coefficient (Wildman–Crippen LogP) is 3.71. The third-order valence-corrected chi connectivity index (χ3v) is 4.80. The molecule has 144 valence electrons. The van der Waals surface area contributed by atoms with E-state index >= 15 is 0 Å². The fraction of sp³-hybridized carbons (Fsp3) is 0.217. The molecule has 0 unspecified atom stereocenters. The number of carbonyl (C=O) groups excluding carboxylic acids is 2. The van der Waals surface area contributed by atoms with Crippen molar-refractivity contribution in [2.45, 2.75) is 6.92 Å². The van der Waals surface area contributed by atoms with Crippen molar-refractivity contribution < 1.29 is 14.3 Å². The highest BCUT2D eigenvalue weighted by Gasteiger charge is 2.14. The van der Waals surface area contributed by atoms with Crippen molar-refractivity contribution >= 4 is 22.6 Å². The summed E-state index contributed by atoms with van der Waals surface area (Å²) in [5, 5.41) is 2.02. The van der Waals surface area contributed by atoms with Gasteiger partial charge >= 0.3 is 0 Å². The normalized spacial score (nSPS) is 10.8. The average Bonchev–Trinajstić information content (AvgIpc) is 2.73. The van der Waals surface area contributed by atoms with E-state index in [2.05, 4.69) is 0 Å². The highest BCUT2D eigenvalue weighted by atomic mass is 16.5. The number of rotatable bonds is 7. The summed E-state index contributed by atoms with van der Waals surface area (Å²) in [6, 6.07) is 19.0. The summed E-state index contributed by atoms with van der Waals surface area (Å²) in [5.41, 5.74) is 8.44. The highest BCUT2D eigenvalue weighted by Crippen LogP contribution is 2.26. The first-order chi connectivity index (χ1) is 13.5. The molecule has 0 aliphatic heterocycles. The van der Waals surface area contributed by atoms with Crippen LogP contribution in [0.3, 0.4) is 0 Å². The standard InChI is InChI=1S/C23H24N2O3/c1-3-25(11-12-28-2)23(27)21-10-9-18-13-17(7-8-19(18)15-21)16-5-4-6-20(14-16)22(24)26/h4-10,13-15H,3,11-12H2,1-2H3,(H2,24,26). The third kappa shape index (κ3) is 4.21. The average molecular weight is 376 g/mol. The topological polar surface area (TPSA) is 72.6 Å². The van der Waals surface area contributed by atoms with E-state index in [1.165, 1.54) is 0 Å². The van der Waals surface area contributed by atoms with Gasteiger partial charge in [0.15, 0.2) is 0 Å². The van der Waals surface area contributed by atoms with E-state index in [0.717, 1.165) is 21.9 Å². The molecule has 0 bridgehead atoms. The summed E-state index contributed by atoms with van der Waals surface area (Å²) in [6.07, 6.45) is 0. The summed E-state index contributed by atoms with van der Waals surface area (Å²) >= 11 is 0. The van der Waals surface area contributed by atoms with Gasteiger partial charge in [-0.05, 0) is 59.2 Å². The Morgan fingerprint density at radius 3 is 2.36 bits per heavy atom. The number of nitrogens with zero attached hydrogens (tertiary/aromatic N) is 1. The van der Waals surface area contributed by atoms with E-state index in [9.17, 15) is 9.59 Å². The van der Waals surface area contributed by atoms with Gasteiger partial charge in [-0.1, -0.05) is 30.3 Å². The lowest BCUT2D eigenvalue weighted by molar-refractivity contribution is 0.0706. The maximum atomic E-state index is 12.7. The molecule has 28 heavy (non-hydrogen) atoms. The molecule has 5 heteroatoms. The number of nitrogens with two attached hydrogens (primary N) is 1. The zero-order valence-corrected chi connectivity index (χ0v) is 16.1. The van der Waals surface area contributed by atoms with Crippen LogP contribution in [-0.2, 0) is 4.74 Å². The number of amides is 2. The summed E-state index contributed by atoms with van der Waals surface area (Å²) in [7, 11) is 1.63. The molecule has 0 saturated heterocycles. The van der Waals surface area contributed by atoms with Crippen LogP contribution >= 0.6 is 0 Å². The van der Waals surface area contributed by atoms with Gasteiger partial charge in [-0.15, -0.1) is 0 Å². The SMILES string of the molecule is CCN(CCOC)C(=O)c1ccc2cc(-c3cccc(C(N)=O)c3)ccc2c1. The second-order valence-electron chi connectivity index (χ2n) is 6.60. The number of hydrogen-bond acceptors (Lipinski definition) is 3. The number of methoxy groups -OCH3 is 1. The molecule has 3 rings (SSSR count). The summed E-state index contributed by atoms with van der Waals surface area (Å²) in [5.74, 6) is -0.445. The largest absolute Gasteiger partial charge is 0.383 e. The minimum Gasteiger partial charge on any atom is -0.383 e. The van der Waals surface area contributed by atoms with Crippen molar-refractivity contribution in [2.75, 3.05) is 26.8 Å². The van der Waals surface area contributed by atoms with Crippen molar-refractivity contribution in [3.63, 3.8) is 0 Å².